The number of hydrogen-bond donors (Lipinski definition) is 3. The van der Waals surface area contributed by atoms with Crippen molar-refractivity contribution in [3.8, 4) is 0 Å². The Bertz CT molecular complexity index is 239. The molecule has 0 aromatic rings. The highest BCUT2D eigenvalue weighted by molar-refractivity contribution is 8.68. The summed E-state index contributed by atoms with van der Waals surface area (Å²) in [5.74, 6) is 0.546. The van der Waals surface area contributed by atoms with Crippen LogP contribution in [-0.4, -0.2) is 20.4 Å². The molecule has 3 N–H and O–H groups in total. The minimum absolute atomic E-state index is 0.546. The van der Waals surface area contributed by atoms with Gasteiger partial charge in [0.25, 0.3) is 5.69 Å². The molecule has 1 atom stereocenters. The SMILES string of the molecule is CCCCSP(O)(=S)OP(=O)(O)O. The highest BCUT2D eigenvalue weighted by Crippen LogP contribution is 2.65. The maximum atomic E-state index is 10.3. The van der Waals surface area contributed by atoms with Gasteiger partial charge in [-0.3, -0.25) is 0 Å². The monoisotopic (exact) mass is 266 g/mol. The molecular weight excluding hydrogens is 254 g/mol. The number of hydrogen-bond acceptors (Lipinski definition) is 4. The largest absolute Gasteiger partial charge is 0.475 e. The summed E-state index contributed by atoms with van der Waals surface area (Å²) >= 11 is 5.42. The van der Waals surface area contributed by atoms with Crippen LogP contribution in [0.3, 0.4) is 0 Å². The van der Waals surface area contributed by atoms with Gasteiger partial charge < -0.3 is 14.7 Å². The van der Waals surface area contributed by atoms with Gasteiger partial charge in [-0.1, -0.05) is 24.7 Å². The third-order valence-corrected chi connectivity index (χ3v) is 7.11. The van der Waals surface area contributed by atoms with E-state index in [0.717, 1.165) is 24.2 Å². The first-order valence-corrected chi connectivity index (χ1v) is 9.30. The Morgan fingerprint density at radius 3 is 2.38 bits per heavy atom. The van der Waals surface area contributed by atoms with Gasteiger partial charge in [-0.2, -0.15) is 0 Å². The molecule has 0 aromatic heterocycles. The molecule has 0 radical (unpaired) electrons. The van der Waals surface area contributed by atoms with Gasteiger partial charge in [0.15, 0.2) is 0 Å². The van der Waals surface area contributed by atoms with Crippen molar-refractivity contribution in [3.05, 3.63) is 0 Å². The van der Waals surface area contributed by atoms with Crippen LogP contribution in [0.25, 0.3) is 0 Å². The zero-order chi connectivity index (χ0) is 10.5. The van der Waals surface area contributed by atoms with Crippen LogP contribution >= 0.6 is 24.9 Å². The average Bonchev–Trinajstić information content (AvgIpc) is 1.81. The second-order valence-corrected chi connectivity index (χ2v) is 9.90. The lowest BCUT2D eigenvalue weighted by molar-refractivity contribution is 0.285. The van der Waals surface area contributed by atoms with Crippen molar-refractivity contribution in [3.63, 3.8) is 0 Å². The molecule has 0 saturated heterocycles. The van der Waals surface area contributed by atoms with Gasteiger partial charge in [-0.15, -0.1) is 0 Å². The molecule has 0 aromatic carbocycles. The maximum absolute atomic E-state index is 10.3. The lowest BCUT2D eigenvalue weighted by Gasteiger charge is -2.14. The minimum atomic E-state index is -4.66. The summed E-state index contributed by atoms with van der Waals surface area (Å²) in [6.07, 6.45) is 1.76. The molecule has 5 nitrogen and oxygen atoms in total. The number of unbranched alkanes of at least 4 members (excludes halogenated alkanes) is 1. The lowest BCUT2D eigenvalue weighted by Crippen LogP contribution is -1.85. The van der Waals surface area contributed by atoms with E-state index in [9.17, 15) is 9.46 Å². The van der Waals surface area contributed by atoms with E-state index in [2.05, 4.69) is 16.1 Å². The molecule has 0 fully saturated rings. The minimum Gasteiger partial charge on any atom is -0.337 e. The first kappa shape index (κ1) is 14.1. The average molecular weight is 266 g/mol. The van der Waals surface area contributed by atoms with E-state index in [1.807, 2.05) is 6.92 Å². The molecule has 0 amide bonds. The molecule has 0 aliphatic carbocycles. The van der Waals surface area contributed by atoms with Crippen molar-refractivity contribution >= 4 is 36.7 Å². The smallest absolute Gasteiger partial charge is 0.337 e. The van der Waals surface area contributed by atoms with Crippen LogP contribution < -0.4 is 0 Å². The van der Waals surface area contributed by atoms with E-state index in [1.165, 1.54) is 0 Å². The van der Waals surface area contributed by atoms with Crippen LogP contribution in [0.2, 0.25) is 0 Å². The number of phosphoric acid groups is 1. The summed E-state index contributed by atoms with van der Waals surface area (Å²) in [5, 5.41) is 0. The van der Waals surface area contributed by atoms with Gasteiger partial charge in [0.1, 0.15) is 0 Å². The van der Waals surface area contributed by atoms with Gasteiger partial charge in [0.2, 0.25) is 0 Å². The molecule has 1 unspecified atom stereocenters. The van der Waals surface area contributed by atoms with E-state index in [0.29, 0.717) is 5.75 Å². The fourth-order valence-electron chi connectivity index (χ4n) is 0.482. The van der Waals surface area contributed by atoms with E-state index in [1.54, 1.807) is 0 Å². The molecule has 0 aliphatic rings. The Kier molecular flexibility index (Phi) is 6.31. The summed E-state index contributed by atoms with van der Waals surface area (Å²) in [4.78, 5) is 26.0. The second kappa shape index (κ2) is 5.83. The van der Waals surface area contributed by atoms with Crippen LogP contribution in [0, 0.1) is 0 Å². The molecule has 0 bridgehead atoms. The summed E-state index contributed by atoms with van der Waals surface area (Å²) < 4.78 is 14.4. The molecule has 0 spiro atoms. The van der Waals surface area contributed by atoms with E-state index < -0.39 is 13.5 Å². The fraction of sp³-hybridized carbons (Fsp3) is 1.00. The van der Waals surface area contributed by atoms with Gasteiger partial charge in [-0.25, -0.2) is 8.88 Å². The first-order chi connectivity index (χ1) is 5.77. The maximum Gasteiger partial charge on any atom is 0.475 e. The normalized spacial score (nSPS) is 16.9. The van der Waals surface area contributed by atoms with Crippen LogP contribution in [0.4, 0.5) is 0 Å². The van der Waals surface area contributed by atoms with Crippen LogP contribution in [0.5, 0.6) is 0 Å². The molecule has 80 valence electrons. The molecule has 9 heteroatoms. The summed E-state index contributed by atoms with van der Waals surface area (Å²) in [6.45, 7) is 1.96. The van der Waals surface area contributed by atoms with E-state index >= 15 is 0 Å². The standard InChI is InChI=1S/C4H12O5P2S2/c1-2-3-4-13-11(8,12)9-10(5,6)7/h2-4H2,1H3,(H,8,12)(H2,5,6,7). The van der Waals surface area contributed by atoms with Gasteiger partial charge in [0, 0.05) is 5.75 Å². The van der Waals surface area contributed by atoms with Crippen molar-refractivity contribution in [2.24, 2.45) is 0 Å². The summed E-state index contributed by atoms with van der Waals surface area (Å²) in [6, 6.07) is 0. The van der Waals surface area contributed by atoms with Gasteiger partial charge in [-0.05, 0) is 18.2 Å². The fourth-order valence-corrected chi connectivity index (χ4v) is 6.13. The highest BCUT2D eigenvalue weighted by atomic mass is 32.9. The topological polar surface area (TPSA) is 87.0 Å². The molecule has 0 aliphatic heterocycles. The third-order valence-electron chi connectivity index (χ3n) is 0.962. The predicted molar refractivity (Wildman–Crippen MR) is 57.0 cm³/mol. The molecular formula is C4H12O5P2S2. The Hall–Kier alpha value is 1.07. The first-order valence-electron chi connectivity index (χ1n) is 3.51. The van der Waals surface area contributed by atoms with E-state index in [-0.39, 0.29) is 0 Å². The molecule has 13 heavy (non-hydrogen) atoms. The van der Waals surface area contributed by atoms with Crippen LogP contribution in [0.15, 0.2) is 0 Å². The second-order valence-electron chi connectivity index (χ2n) is 2.23. The van der Waals surface area contributed by atoms with E-state index in [4.69, 9.17) is 9.79 Å². The summed E-state index contributed by atoms with van der Waals surface area (Å²) in [7, 11) is -4.66. The highest BCUT2D eigenvalue weighted by Gasteiger charge is 2.26. The van der Waals surface area contributed by atoms with Crippen molar-refractivity contribution in [2.75, 3.05) is 5.75 Å². The van der Waals surface area contributed by atoms with Crippen molar-refractivity contribution in [1.29, 1.82) is 0 Å². The summed E-state index contributed by atoms with van der Waals surface area (Å²) in [5.41, 5.74) is -3.36. The molecule has 0 saturated carbocycles. The zero-order valence-corrected chi connectivity index (χ0v) is 10.4. The van der Waals surface area contributed by atoms with Gasteiger partial charge in [0.05, 0.1) is 0 Å². The number of rotatable bonds is 6. The Morgan fingerprint density at radius 1 is 1.46 bits per heavy atom. The van der Waals surface area contributed by atoms with Crippen LogP contribution in [0.1, 0.15) is 19.8 Å². The van der Waals surface area contributed by atoms with Crippen LogP contribution in [-0.2, 0) is 20.7 Å². The Balaban J connectivity index is 3.95. The predicted octanol–water partition coefficient (Wildman–Crippen LogP) is 1.85. The van der Waals surface area contributed by atoms with Crippen molar-refractivity contribution in [2.45, 2.75) is 19.8 Å². The molecule has 0 heterocycles. The Labute approximate surface area is 86.0 Å². The lowest BCUT2D eigenvalue weighted by atomic mass is 10.4. The quantitative estimate of drug-likeness (QED) is 0.499. The van der Waals surface area contributed by atoms with Gasteiger partial charge >= 0.3 is 7.82 Å². The Morgan fingerprint density at radius 2 is 2.00 bits per heavy atom. The third kappa shape index (κ3) is 9.38. The van der Waals surface area contributed by atoms with Crippen molar-refractivity contribution in [1.82, 2.24) is 0 Å². The van der Waals surface area contributed by atoms with Crippen molar-refractivity contribution < 1.29 is 23.6 Å². The molecule has 0 rings (SSSR count). The zero-order valence-electron chi connectivity index (χ0n) is 6.99.